The highest BCUT2D eigenvalue weighted by Gasteiger charge is 2.22. The fraction of sp³-hybridized carbons (Fsp3) is 0.560. The van der Waals surface area contributed by atoms with Gasteiger partial charge in [-0.2, -0.15) is 5.10 Å². The molecule has 0 radical (unpaired) electrons. The van der Waals surface area contributed by atoms with Crippen molar-refractivity contribution in [2.45, 2.75) is 59.0 Å². The predicted octanol–water partition coefficient (Wildman–Crippen LogP) is 2.73. The van der Waals surface area contributed by atoms with Crippen molar-refractivity contribution in [3.63, 3.8) is 0 Å². The van der Waals surface area contributed by atoms with Crippen molar-refractivity contribution in [3.05, 3.63) is 41.6 Å². The third kappa shape index (κ3) is 8.34. The summed E-state index contributed by atoms with van der Waals surface area (Å²) in [5.74, 6) is -0.00406. The average molecular weight is 519 g/mol. The molecule has 0 atom stereocenters. The van der Waals surface area contributed by atoms with Crippen LogP contribution in [-0.2, 0) is 27.9 Å². The van der Waals surface area contributed by atoms with E-state index in [4.69, 9.17) is 0 Å². The van der Waals surface area contributed by atoms with Crippen LogP contribution >= 0.6 is 0 Å². The monoisotopic (exact) mass is 518 g/mol. The topological polar surface area (TPSA) is 125 Å². The number of sulfonamides is 1. The first kappa shape index (κ1) is 27.7. The van der Waals surface area contributed by atoms with Gasteiger partial charge in [-0.25, -0.2) is 8.42 Å². The lowest BCUT2D eigenvalue weighted by Gasteiger charge is -2.28. The van der Waals surface area contributed by atoms with Crippen molar-refractivity contribution in [2.75, 3.05) is 35.5 Å². The van der Waals surface area contributed by atoms with E-state index in [0.29, 0.717) is 31.7 Å². The molecule has 10 nitrogen and oxygen atoms in total. The number of aromatic nitrogens is 2. The first-order valence-electron chi connectivity index (χ1n) is 12.6. The van der Waals surface area contributed by atoms with E-state index in [0.717, 1.165) is 43.3 Å². The summed E-state index contributed by atoms with van der Waals surface area (Å²) in [6.45, 7) is 6.70. The second kappa shape index (κ2) is 12.9. The maximum atomic E-state index is 13.0. The molecule has 0 saturated carbocycles. The molecule has 0 spiro atoms. The second-order valence-corrected chi connectivity index (χ2v) is 11.3. The minimum atomic E-state index is -3.39. The third-order valence-corrected chi connectivity index (χ3v) is 6.58. The maximum absolute atomic E-state index is 13.0. The Labute approximate surface area is 213 Å². The lowest BCUT2D eigenvalue weighted by atomic mass is 10.0. The zero-order valence-corrected chi connectivity index (χ0v) is 22.2. The van der Waals surface area contributed by atoms with Gasteiger partial charge in [0.2, 0.25) is 15.9 Å². The molecule has 1 aromatic carbocycles. The molecule has 36 heavy (non-hydrogen) atoms. The van der Waals surface area contributed by atoms with Gasteiger partial charge in [0, 0.05) is 49.1 Å². The van der Waals surface area contributed by atoms with Gasteiger partial charge < -0.3 is 15.5 Å². The molecule has 3 N–H and O–H groups in total. The Morgan fingerprint density at radius 1 is 1.11 bits per heavy atom. The number of carbonyl (C=O) groups is 2. The molecule has 11 heteroatoms. The average Bonchev–Trinajstić information content (AvgIpc) is 3.24. The summed E-state index contributed by atoms with van der Waals surface area (Å²) in [6.07, 6.45) is 8.22. The number of benzene rings is 1. The molecule has 0 fully saturated rings. The van der Waals surface area contributed by atoms with Gasteiger partial charge in [-0.05, 0) is 43.1 Å². The van der Waals surface area contributed by atoms with E-state index < -0.39 is 10.0 Å². The number of nitrogens with zero attached hydrogens (tertiary/aromatic N) is 3. The van der Waals surface area contributed by atoms with Crippen LogP contribution in [0, 0.1) is 5.92 Å². The highest BCUT2D eigenvalue weighted by Crippen LogP contribution is 2.25. The summed E-state index contributed by atoms with van der Waals surface area (Å²) in [4.78, 5) is 27.8. The molecular formula is C25H38N6O4S. The first-order valence-corrected chi connectivity index (χ1v) is 14.5. The molecule has 2 heterocycles. The summed E-state index contributed by atoms with van der Waals surface area (Å²) in [5, 5.41) is 10.5. The first-order chi connectivity index (χ1) is 17.1. The Hall–Kier alpha value is -2.92. The van der Waals surface area contributed by atoms with Crippen LogP contribution in [0.3, 0.4) is 0 Å². The normalized spacial score (nSPS) is 15.5. The summed E-state index contributed by atoms with van der Waals surface area (Å²) >= 11 is 0. The zero-order chi connectivity index (χ0) is 26.1. The molecule has 198 valence electrons. The standard InChI is InChI=1S/C25H38N6O4S/c1-19(2)25(33)31-14-8-6-4-5-7-12-26-18-21-17-20(9-10-22(21)31)24(32)27-13-16-30-15-11-23(28-30)29-36(3,34)35/h9-11,15,17,19,26H,4-8,12-14,16,18H2,1-3H3,(H,27,32)(H,28,29). The molecule has 1 aromatic heterocycles. The van der Waals surface area contributed by atoms with E-state index in [9.17, 15) is 18.0 Å². The fourth-order valence-electron chi connectivity index (χ4n) is 4.18. The molecule has 3 rings (SSSR count). The van der Waals surface area contributed by atoms with Crippen molar-refractivity contribution >= 4 is 33.3 Å². The van der Waals surface area contributed by atoms with Gasteiger partial charge >= 0.3 is 0 Å². The molecular weight excluding hydrogens is 480 g/mol. The van der Waals surface area contributed by atoms with Crippen molar-refractivity contribution in [3.8, 4) is 0 Å². The Balaban J connectivity index is 1.71. The highest BCUT2D eigenvalue weighted by molar-refractivity contribution is 7.92. The summed E-state index contributed by atoms with van der Waals surface area (Å²) < 4.78 is 26.5. The number of fused-ring (bicyclic) bond motifs is 1. The minimum absolute atomic E-state index is 0.0921. The number of hydrogen-bond acceptors (Lipinski definition) is 6. The molecule has 2 amide bonds. The molecule has 0 unspecified atom stereocenters. The molecule has 1 aliphatic rings. The Kier molecular flexibility index (Phi) is 9.89. The number of carbonyl (C=O) groups excluding carboxylic acids is 2. The van der Waals surface area contributed by atoms with Crippen molar-refractivity contribution in [2.24, 2.45) is 5.92 Å². The van der Waals surface area contributed by atoms with Crippen molar-refractivity contribution in [1.82, 2.24) is 20.4 Å². The Morgan fingerprint density at radius 3 is 2.61 bits per heavy atom. The van der Waals surface area contributed by atoms with Gasteiger partial charge in [-0.3, -0.25) is 19.0 Å². The molecule has 2 aromatic rings. The van der Waals surface area contributed by atoms with Crippen LogP contribution in [0.1, 0.15) is 61.9 Å². The molecule has 1 aliphatic heterocycles. The van der Waals surface area contributed by atoms with E-state index in [1.165, 1.54) is 12.8 Å². The van der Waals surface area contributed by atoms with E-state index >= 15 is 0 Å². The third-order valence-electron chi connectivity index (χ3n) is 6.00. The number of anilines is 2. The summed E-state index contributed by atoms with van der Waals surface area (Å²) in [7, 11) is -3.39. The van der Waals surface area contributed by atoms with Crippen LogP contribution in [-0.4, -0.2) is 55.9 Å². The lowest BCUT2D eigenvalue weighted by Crippen LogP contribution is -2.36. The van der Waals surface area contributed by atoms with Crippen LogP contribution in [0.15, 0.2) is 30.5 Å². The van der Waals surface area contributed by atoms with Gasteiger partial charge in [-0.1, -0.05) is 33.1 Å². The van der Waals surface area contributed by atoms with Crippen LogP contribution in [0.2, 0.25) is 0 Å². The Bertz CT molecular complexity index is 1150. The summed E-state index contributed by atoms with van der Waals surface area (Å²) in [5.41, 5.74) is 2.32. The van der Waals surface area contributed by atoms with E-state index in [-0.39, 0.29) is 23.6 Å². The van der Waals surface area contributed by atoms with Crippen LogP contribution < -0.4 is 20.3 Å². The van der Waals surface area contributed by atoms with Crippen molar-refractivity contribution < 1.29 is 18.0 Å². The number of hydrogen-bond donors (Lipinski definition) is 3. The number of amides is 2. The van der Waals surface area contributed by atoms with Crippen LogP contribution in [0.5, 0.6) is 0 Å². The van der Waals surface area contributed by atoms with Gasteiger partial charge in [0.1, 0.15) is 0 Å². The van der Waals surface area contributed by atoms with Gasteiger partial charge in [0.15, 0.2) is 5.82 Å². The quantitative estimate of drug-likeness (QED) is 0.518. The smallest absolute Gasteiger partial charge is 0.251 e. The van der Waals surface area contributed by atoms with Gasteiger partial charge in [0.05, 0.1) is 12.8 Å². The largest absolute Gasteiger partial charge is 0.350 e. The maximum Gasteiger partial charge on any atom is 0.251 e. The fourth-order valence-corrected chi connectivity index (χ4v) is 4.67. The SMILES string of the molecule is CC(C)C(=O)N1CCCCCCCNCc2cc(C(=O)NCCn3ccc(NS(C)(=O)=O)n3)ccc21. The van der Waals surface area contributed by atoms with Gasteiger partial charge in [0.25, 0.3) is 5.91 Å². The predicted molar refractivity (Wildman–Crippen MR) is 141 cm³/mol. The molecule has 0 aliphatic carbocycles. The van der Waals surface area contributed by atoms with Crippen molar-refractivity contribution in [1.29, 1.82) is 0 Å². The second-order valence-electron chi connectivity index (χ2n) is 9.53. The molecule has 0 bridgehead atoms. The van der Waals surface area contributed by atoms with E-state index in [1.54, 1.807) is 23.0 Å². The summed E-state index contributed by atoms with van der Waals surface area (Å²) in [6, 6.07) is 7.08. The molecule has 0 saturated heterocycles. The lowest BCUT2D eigenvalue weighted by molar-refractivity contribution is -0.121. The highest BCUT2D eigenvalue weighted by atomic mass is 32.2. The Morgan fingerprint density at radius 2 is 1.86 bits per heavy atom. The number of nitrogens with one attached hydrogen (secondary N) is 3. The van der Waals surface area contributed by atoms with E-state index in [1.807, 2.05) is 30.9 Å². The zero-order valence-electron chi connectivity index (χ0n) is 21.4. The minimum Gasteiger partial charge on any atom is -0.350 e. The van der Waals surface area contributed by atoms with Gasteiger partial charge in [-0.15, -0.1) is 0 Å². The van der Waals surface area contributed by atoms with Crippen LogP contribution in [0.4, 0.5) is 11.5 Å². The van der Waals surface area contributed by atoms with E-state index in [2.05, 4.69) is 20.5 Å². The van der Waals surface area contributed by atoms with Crippen LogP contribution in [0.25, 0.3) is 0 Å². The number of rotatable bonds is 7.